The molecule has 0 spiro atoms. The fourth-order valence-corrected chi connectivity index (χ4v) is 2.73. The van der Waals surface area contributed by atoms with E-state index < -0.39 is 0 Å². The first-order valence-corrected chi connectivity index (χ1v) is 6.67. The molecule has 0 saturated carbocycles. The third-order valence-corrected chi connectivity index (χ3v) is 3.73. The van der Waals surface area contributed by atoms with Gasteiger partial charge < -0.3 is 4.79 Å². The quantitative estimate of drug-likeness (QED) is 0.804. The predicted octanol–water partition coefficient (Wildman–Crippen LogP) is 3.33. The van der Waals surface area contributed by atoms with Gasteiger partial charge in [0.15, 0.2) is 0 Å². The van der Waals surface area contributed by atoms with Crippen molar-refractivity contribution in [2.24, 2.45) is 5.92 Å². The highest BCUT2D eigenvalue weighted by molar-refractivity contribution is 5.85. The second kappa shape index (κ2) is 6.69. The number of carbonyl (C=O) groups is 1. The number of hydrogen-bond donors (Lipinski definition) is 0. The monoisotopic (exact) mass is 287 g/mol. The minimum Gasteiger partial charge on any atom is -0.303 e. The number of rotatable bonds is 4. The van der Waals surface area contributed by atoms with Gasteiger partial charge >= 0.3 is 0 Å². The van der Waals surface area contributed by atoms with Gasteiger partial charge in [0, 0.05) is 19.0 Å². The smallest absolute Gasteiger partial charge is 0.125 e. The fourth-order valence-electron chi connectivity index (χ4n) is 2.73. The maximum absolute atomic E-state index is 10.8. The minimum absolute atomic E-state index is 0. The molecule has 104 valence electrons. The van der Waals surface area contributed by atoms with E-state index in [4.69, 9.17) is 0 Å². The van der Waals surface area contributed by atoms with Crippen LogP contribution >= 0.6 is 12.4 Å². The molecule has 2 nitrogen and oxygen atoms in total. The lowest BCUT2D eigenvalue weighted by Gasteiger charge is -2.42. The molecule has 0 aromatic heterocycles. The van der Waals surface area contributed by atoms with Gasteiger partial charge in [0.1, 0.15) is 6.29 Å². The van der Waals surface area contributed by atoms with E-state index >= 15 is 0 Å². The van der Waals surface area contributed by atoms with E-state index in [1.165, 1.54) is 11.1 Å². The van der Waals surface area contributed by atoms with E-state index in [2.05, 4.69) is 53.4 Å². The van der Waals surface area contributed by atoms with Crippen LogP contribution in [0, 0.1) is 5.92 Å². The second-order valence-electron chi connectivity index (χ2n) is 5.07. The van der Waals surface area contributed by atoms with E-state index in [1.807, 2.05) is 12.1 Å². The van der Waals surface area contributed by atoms with Gasteiger partial charge in [-0.25, -0.2) is 0 Å². The highest BCUT2D eigenvalue weighted by Crippen LogP contribution is 2.33. The highest BCUT2D eigenvalue weighted by atomic mass is 35.5. The summed E-state index contributed by atoms with van der Waals surface area (Å²) in [6.45, 7) is 1.72. The molecule has 0 N–H and O–H groups in total. The molecule has 0 atom stereocenters. The van der Waals surface area contributed by atoms with Crippen molar-refractivity contribution in [3.63, 3.8) is 0 Å². The van der Waals surface area contributed by atoms with Gasteiger partial charge in [-0.2, -0.15) is 0 Å². The van der Waals surface area contributed by atoms with Crippen molar-refractivity contribution in [2.45, 2.75) is 6.04 Å². The molecule has 2 aromatic carbocycles. The van der Waals surface area contributed by atoms with Crippen LogP contribution in [0.15, 0.2) is 60.7 Å². The van der Waals surface area contributed by atoms with E-state index in [0.717, 1.165) is 19.4 Å². The van der Waals surface area contributed by atoms with Crippen molar-refractivity contribution < 1.29 is 4.79 Å². The van der Waals surface area contributed by atoms with Gasteiger partial charge in [0.05, 0.1) is 6.04 Å². The highest BCUT2D eigenvalue weighted by Gasteiger charge is 2.33. The summed E-state index contributed by atoms with van der Waals surface area (Å²) in [6, 6.07) is 21.3. The molecular formula is C17H18ClNO. The molecule has 0 amide bonds. The van der Waals surface area contributed by atoms with Gasteiger partial charge in [0.2, 0.25) is 0 Å². The lowest BCUT2D eigenvalue weighted by atomic mass is 9.91. The number of hydrogen-bond acceptors (Lipinski definition) is 2. The predicted molar refractivity (Wildman–Crippen MR) is 83.1 cm³/mol. The van der Waals surface area contributed by atoms with Crippen LogP contribution in [0.25, 0.3) is 0 Å². The van der Waals surface area contributed by atoms with Crippen LogP contribution in [-0.2, 0) is 4.79 Å². The minimum atomic E-state index is 0. The first kappa shape index (κ1) is 14.8. The van der Waals surface area contributed by atoms with Crippen molar-refractivity contribution in [1.29, 1.82) is 0 Å². The average molecular weight is 288 g/mol. The zero-order valence-corrected chi connectivity index (χ0v) is 12.0. The van der Waals surface area contributed by atoms with E-state index in [0.29, 0.717) is 0 Å². The van der Waals surface area contributed by atoms with E-state index in [1.54, 1.807) is 0 Å². The lowest BCUT2D eigenvalue weighted by molar-refractivity contribution is -0.116. The molecule has 3 heteroatoms. The third kappa shape index (κ3) is 2.92. The summed E-state index contributed by atoms with van der Waals surface area (Å²) >= 11 is 0. The van der Waals surface area contributed by atoms with Crippen molar-refractivity contribution in [2.75, 3.05) is 13.1 Å². The molecular weight excluding hydrogens is 270 g/mol. The van der Waals surface area contributed by atoms with Gasteiger partial charge in [-0.05, 0) is 11.1 Å². The van der Waals surface area contributed by atoms with Crippen LogP contribution in [0.2, 0.25) is 0 Å². The summed E-state index contributed by atoms with van der Waals surface area (Å²) in [5, 5.41) is 0. The van der Waals surface area contributed by atoms with Crippen LogP contribution in [-0.4, -0.2) is 24.3 Å². The number of nitrogens with zero attached hydrogens (tertiary/aromatic N) is 1. The van der Waals surface area contributed by atoms with Gasteiger partial charge in [-0.15, -0.1) is 12.4 Å². The number of benzene rings is 2. The zero-order chi connectivity index (χ0) is 13.1. The van der Waals surface area contributed by atoms with E-state index in [9.17, 15) is 4.79 Å². The molecule has 2 aromatic rings. The van der Waals surface area contributed by atoms with Gasteiger partial charge in [-0.3, -0.25) is 4.90 Å². The van der Waals surface area contributed by atoms with Crippen molar-refractivity contribution in [3.05, 3.63) is 71.8 Å². The summed E-state index contributed by atoms with van der Waals surface area (Å²) in [6.07, 6.45) is 1.07. The Hall–Kier alpha value is -1.64. The molecule has 0 aliphatic carbocycles. The van der Waals surface area contributed by atoms with Crippen LogP contribution in [0.5, 0.6) is 0 Å². The summed E-state index contributed by atoms with van der Waals surface area (Å²) in [4.78, 5) is 13.2. The van der Waals surface area contributed by atoms with Crippen LogP contribution in [0.4, 0.5) is 0 Å². The third-order valence-electron chi connectivity index (χ3n) is 3.73. The summed E-state index contributed by atoms with van der Waals surface area (Å²) in [7, 11) is 0. The normalized spacial score (nSPS) is 15.4. The number of carbonyl (C=O) groups excluding carboxylic acids is 1. The summed E-state index contributed by atoms with van der Waals surface area (Å²) < 4.78 is 0. The molecule has 1 aliphatic heterocycles. The Kier molecular flexibility index (Phi) is 4.94. The Morgan fingerprint density at radius 1 is 0.900 bits per heavy atom. The molecule has 1 aliphatic rings. The number of likely N-dealkylation sites (tertiary alicyclic amines) is 1. The Morgan fingerprint density at radius 2 is 1.35 bits per heavy atom. The standard InChI is InChI=1S/C17H17NO.ClH/c19-13-14-11-18(12-14)17(15-7-3-1-4-8-15)16-9-5-2-6-10-16;/h1-10,13-14,17H,11-12H2;1H. The molecule has 0 bridgehead atoms. The van der Waals surface area contributed by atoms with Crippen LogP contribution in [0.3, 0.4) is 0 Å². The first-order valence-electron chi connectivity index (χ1n) is 6.67. The summed E-state index contributed by atoms with van der Waals surface area (Å²) in [5.74, 6) is 0.204. The SMILES string of the molecule is Cl.O=CC1CN(C(c2ccccc2)c2ccccc2)C1. The molecule has 0 unspecified atom stereocenters. The molecule has 1 heterocycles. The molecule has 3 rings (SSSR count). The Morgan fingerprint density at radius 3 is 1.75 bits per heavy atom. The molecule has 0 radical (unpaired) electrons. The Labute approximate surface area is 125 Å². The number of aldehydes is 1. The average Bonchev–Trinajstić information content (AvgIpc) is 2.44. The van der Waals surface area contributed by atoms with Crippen molar-refractivity contribution >= 4 is 18.7 Å². The molecule has 1 saturated heterocycles. The zero-order valence-electron chi connectivity index (χ0n) is 11.2. The Balaban J connectivity index is 0.00000147. The first-order chi connectivity index (χ1) is 9.38. The van der Waals surface area contributed by atoms with Crippen molar-refractivity contribution in [1.82, 2.24) is 4.90 Å². The van der Waals surface area contributed by atoms with Gasteiger partial charge in [-0.1, -0.05) is 60.7 Å². The van der Waals surface area contributed by atoms with Crippen molar-refractivity contribution in [3.8, 4) is 0 Å². The molecule has 1 fully saturated rings. The maximum atomic E-state index is 10.8. The fraction of sp³-hybridized carbons (Fsp3) is 0.235. The van der Waals surface area contributed by atoms with Crippen LogP contribution < -0.4 is 0 Å². The maximum Gasteiger partial charge on any atom is 0.125 e. The van der Waals surface area contributed by atoms with E-state index in [-0.39, 0.29) is 24.4 Å². The van der Waals surface area contributed by atoms with Crippen LogP contribution in [0.1, 0.15) is 17.2 Å². The summed E-state index contributed by atoms with van der Waals surface area (Å²) in [5.41, 5.74) is 2.58. The van der Waals surface area contributed by atoms with Gasteiger partial charge in [0.25, 0.3) is 0 Å². The molecule has 20 heavy (non-hydrogen) atoms. The topological polar surface area (TPSA) is 20.3 Å². The Bertz CT molecular complexity index is 498. The number of halogens is 1. The largest absolute Gasteiger partial charge is 0.303 e. The lowest BCUT2D eigenvalue weighted by Crippen LogP contribution is -2.49. The second-order valence-corrected chi connectivity index (χ2v) is 5.07.